The van der Waals surface area contributed by atoms with E-state index in [1.54, 1.807) is 64.5 Å². The van der Waals surface area contributed by atoms with E-state index in [4.69, 9.17) is 9.47 Å². The number of rotatable bonds is 6. The second kappa shape index (κ2) is 8.29. The van der Waals surface area contributed by atoms with Crippen LogP contribution in [-0.4, -0.2) is 36.4 Å². The zero-order valence-corrected chi connectivity index (χ0v) is 17.1. The molecule has 0 spiro atoms. The maximum absolute atomic E-state index is 11.3. The summed E-state index contributed by atoms with van der Waals surface area (Å²) in [6.07, 6.45) is 0. The Kier molecular flexibility index (Phi) is 5.78. The van der Waals surface area contributed by atoms with E-state index in [2.05, 4.69) is 0 Å². The SMILES string of the molecule is COc1cc(-c2ccc(C(=O)O)c(C)c2)c(OC)cc1-c1ccc(C(=O)O)c(C)c1. The van der Waals surface area contributed by atoms with E-state index in [-0.39, 0.29) is 11.1 Å². The first-order valence-electron chi connectivity index (χ1n) is 9.21. The van der Waals surface area contributed by atoms with Crippen molar-refractivity contribution in [2.24, 2.45) is 0 Å². The summed E-state index contributed by atoms with van der Waals surface area (Å²) in [6.45, 7) is 3.50. The highest BCUT2D eigenvalue weighted by Crippen LogP contribution is 2.41. The van der Waals surface area contributed by atoms with Gasteiger partial charge in [0, 0.05) is 11.1 Å². The number of carbonyl (C=O) groups is 2. The summed E-state index contributed by atoms with van der Waals surface area (Å²) in [5.74, 6) is -0.764. The van der Waals surface area contributed by atoms with Gasteiger partial charge in [-0.25, -0.2) is 9.59 Å². The van der Waals surface area contributed by atoms with Crippen molar-refractivity contribution < 1.29 is 29.3 Å². The van der Waals surface area contributed by atoms with Crippen molar-refractivity contribution in [3.8, 4) is 33.8 Å². The molecule has 2 N–H and O–H groups in total. The Hall–Kier alpha value is -3.80. The van der Waals surface area contributed by atoms with Crippen LogP contribution in [0.4, 0.5) is 0 Å². The summed E-state index contributed by atoms with van der Waals surface area (Å²) in [4.78, 5) is 22.6. The Labute approximate surface area is 174 Å². The number of methoxy groups -OCH3 is 2. The van der Waals surface area contributed by atoms with Gasteiger partial charge in [0.25, 0.3) is 0 Å². The van der Waals surface area contributed by atoms with E-state index in [1.165, 1.54) is 0 Å². The van der Waals surface area contributed by atoms with Crippen molar-refractivity contribution in [3.63, 3.8) is 0 Å². The summed E-state index contributed by atoms with van der Waals surface area (Å²) >= 11 is 0. The Morgan fingerprint density at radius 2 is 1.03 bits per heavy atom. The highest BCUT2D eigenvalue weighted by molar-refractivity contribution is 5.92. The molecule has 3 aromatic rings. The molecule has 0 radical (unpaired) electrons. The van der Waals surface area contributed by atoms with Gasteiger partial charge >= 0.3 is 11.9 Å². The normalized spacial score (nSPS) is 10.5. The maximum Gasteiger partial charge on any atom is 0.335 e. The molecule has 0 amide bonds. The number of carboxylic acid groups (broad SMARTS) is 2. The monoisotopic (exact) mass is 406 g/mol. The van der Waals surface area contributed by atoms with E-state index in [1.807, 2.05) is 12.1 Å². The lowest BCUT2D eigenvalue weighted by Crippen LogP contribution is -2.01. The molecule has 3 aromatic carbocycles. The fourth-order valence-electron chi connectivity index (χ4n) is 3.49. The van der Waals surface area contributed by atoms with Crippen molar-refractivity contribution in [1.29, 1.82) is 0 Å². The molecular formula is C24H22O6. The molecule has 0 bridgehead atoms. The number of carboxylic acids is 2. The lowest BCUT2D eigenvalue weighted by Gasteiger charge is -2.17. The van der Waals surface area contributed by atoms with Gasteiger partial charge in [0.1, 0.15) is 11.5 Å². The second-order valence-electron chi connectivity index (χ2n) is 6.92. The van der Waals surface area contributed by atoms with Crippen molar-refractivity contribution in [3.05, 3.63) is 70.8 Å². The van der Waals surface area contributed by atoms with E-state index >= 15 is 0 Å². The van der Waals surface area contributed by atoms with Crippen LogP contribution >= 0.6 is 0 Å². The highest BCUT2D eigenvalue weighted by Gasteiger charge is 2.17. The van der Waals surface area contributed by atoms with Crippen LogP contribution in [0.25, 0.3) is 22.3 Å². The first-order chi connectivity index (χ1) is 14.3. The minimum absolute atomic E-state index is 0.246. The molecule has 0 aliphatic carbocycles. The molecule has 0 heterocycles. The van der Waals surface area contributed by atoms with E-state index in [9.17, 15) is 19.8 Å². The summed E-state index contributed by atoms with van der Waals surface area (Å²) < 4.78 is 11.2. The predicted molar refractivity (Wildman–Crippen MR) is 114 cm³/mol. The van der Waals surface area contributed by atoms with Gasteiger partial charge in [-0.1, -0.05) is 24.3 Å². The molecule has 0 atom stereocenters. The van der Waals surface area contributed by atoms with Crippen LogP contribution in [0.15, 0.2) is 48.5 Å². The third kappa shape index (κ3) is 3.85. The van der Waals surface area contributed by atoms with Crippen LogP contribution in [-0.2, 0) is 0 Å². The molecule has 0 saturated heterocycles. The van der Waals surface area contributed by atoms with Crippen molar-refractivity contribution >= 4 is 11.9 Å². The van der Waals surface area contributed by atoms with Crippen molar-refractivity contribution in [2.75, 3.05) is 14.2 Å². The molecule has 3 rings (SSSR count). The zero-order valence-electron chi connectivity index (χ0n) is 17.1. The van der Waals surface area contributed by atoms with E-state index < -0.39 is 11.9 Å². The first kappa shape index (κ1) is 20.9. The summed E-state index contributed by atoms with van der Waals surface area (Å²) in [7, 11) is 3.12. The third-order valence-corrected chi connectivity index (χ3v) is 5.06. The summed E-state index contributed by atoms with van der Waals surface area (Å²) in [5, 5.41) is 18.5. The Bertz CT molecular complexity index is 1060. The molecular weight excluding hydrogens is 384 g/mol. The van der Waals surface area contributed by atoms with Crippen LogP contribution in [0.1, 0.15) is 31.8 Å². The topological polar surface area (TPSA) is 93.1 Å². The van der Waals surface area contributed by atoms with Crippen LogP contribution in [0.3, 0.4) is 0 Å². The molecule has 0 fully saturated rings. The molecule has 0 aliphatic heterocycles. The second-order valence-corrected chi connectivity index (χ2v) is 6.92. The van der Waals surface area contributed by atoms with Gasteiger partial charge < -0.3 is 19.7 Å². The number of hydrogen-bond donors (Lipinski definition) is 2. The molecule has 0 aliphatic rings. The van der Waals surface area contributed by atoms with E-state index in [0.717, 1.165) is 22.3 Å². The molecule has 6 nitrogen and oxygen atoms in total. The fraction of sp³-hybridized carbons (Fsp3) is 0.167. The van der Waals surface area contributed by atoms with Gasteiger partial charge in [-0.05, 0) is 60.4 Å². The Morgan fingerprint density at radius 3 is 1.30 bits per heavy atom. The summed E-state index contributed by atoms with van der Waals surface area (Å²) in [5.41, 5.74) is 4.91. The zero-order chi connectivity index (χ0) is 22.0. The van der Waals surface area contributed by atoms with Crippen molar-refractivity contribution in [2.45, 2.75) is 13.8 Å². The summed E-state index contributed by atoms with van der Waals surface area (Å²) in [6, 6.07) is 13.9. The lowest BCUT2D eigenvalue weighted by atomic mass is 9.94. The number of ether oxygens (including phenoxy) is 2. The smallest absolute Gasteiger partial charge is 0.335 e. The fourth-order valence-corrected chi connectivity index (χ4v) is 3.49. The third-order valence-electron chi connectivity index (χ3n) is 5.06. The maximum atomic E-state index is 11.3. The van der Waals surface area contributed by atoms with Crippen LogP contribution < -0.4 is 9.47 Å². The number of aromatic carboxylic acids is 2. The average molecular weight is 406 g/mol. The Balaban J connectivity index is 2.16. The van der Waals surface area contributed by atoms with Crippen LogP contribution in [0.5, 0.6) is 11.5 Å². The largest absolute Gasteiger partial charge is 0.496 e. The molecule has 6 heteroatoms. The van der Waals surface area contributed by atoms with Gasteiger partial charge in [0.05, 0.1) is 25.3 Å². The van der Waals surface area contributed by atoms with Gasteiger partial charge in [0.15, 0.2) is 0 Å². The Morgan fingerprint density at radius 1 is 0.667 bits per heavy atom. The number of aryl methyl sites for hydroxylation is 2. The van der Waals surface area contributed by atoms with Crippen molar-refractivity contribution in [1.82, 2.24) is 0 Å². The average Bonchev–Trinajstić information content (AvgIpc) is 2.71. The van der Waals surface area contributed by atoms with Gasteiger partial charge in [0.2, 0.25) is 0 Å². The molecule has 0 aromatic heterocycles. The van der Waals surface area contributed by atoms with E-state index in [0.29, 0.717) is 22.6 Å². The minimum atomic E-state index is -0.973. The first-order valence-corrected chi connectivity index (χ1v) is 9.21. The predicted octanol–water partition coefficient (Wildman–Crippen LogP) is 5.05. The molecule has 154 valence electrons. The van der Waals surface area contributed by atoms with Crippen LogP contribution in [0, 0.1) is 13.8 Å². The van der Waals surface area contributed by atoms with Gasteiger partial charge in [-0.3, -0.25) is 0 Å². The quantitative estimate of drug-likeness (QED) is 0.595. The number of benzene rings is 3. The lowest BCUT2D eigenvalue weighted by molar-refractivity contribution is 0.0685. The molecule has 0 saturated carbocycles. The standard InChI is InChI=1S/C24H22O6/c1-13-9-15(5-7-17(13)23(25)26)19-11-22(30-4)20(12-21(19)29-3)16-6-8-18(24(27)28)14(2)10-16/h5-12H,1-4H3,(H,25,26)(H,27,28). The highest BCUT2D eigenvalue weighted by atomic mass is 16.5. The van der Waals surface area contributed by atoms with Gasteiger partial charge in [-0.15, -0.1) is 0 Å². The molecule has 30 heavy (non-hydrogen) atoms. The minimum Gasteiger partial charge on any atom is -0.496 e. The van der Waals surface area contributed by atoms with Crippen LogP contribution in [0.2, 0.25) is 0 Å². The number of hydrogen-bond acceptors (Lipinski definition) is 4. The van der Waals surface area contributed by atoms with Gasteiger partial charge in [-0.2, -0.15) is 0 Å². The molecule has 0 unspecified atom stereocenters.